The van der Waals surface area contributed by atoms with Crippen LogP contribution in [-0.4, -0.2) is 34.8 Å². The Morgan fingerprint density at radius 2 is 1.62 bits per heavy atom. The van der Waals surface area contributed by atoms with Crippen LogP contribution >= 0.6 is 0 Å². The predicted molar refractivity (Wildman–Crippen MR) is 85.8 cm³/mol. The van der Waals surface area contributed by atoms with Gasteiger partial charge in [0.05, 0.1) is 0 Å². The topological polar surface area (TPSA) is 49.4 Å². The van der Waals surface area contributed by atoms with Crippen LogP contribution in [0, 0.1) is 11.8 Å². The van der Waals surface area contributed by atoms with Crippen molar-refractivity contribution >= 4 is 11.8 Å². The Balaban J connectivity index is 3.08. The Morgan fingerprint density at radius 1 is 1.05 bits per heavy atom. The van der Waals surface area contributed by atoms with E-state index in [0.29, 0.717) is 12.3 Å². The zero-order valence-corrected chi connectivity index (χ0v) is 14.5. The minimum atomic E-state index is -0.359. The monoisotopic (exact) mass is 296 g/mol. The van der Waals surface area contributed by atoms with E-state index in [9.17, 15) is 9.59 Å². The fourth-order valence-electron chi connectivity index (χ4n) is 3.44. The van der Waals surface area contributed by atoms with Crippen LogP contribution in [0.4, 0.5) is 0 Å². The quantitative estimate of drug-likeness (QED) is 0.785. The number of nitrogens with one attached hydrogen (secondary N) is 1. The van der Waals surface area contributed by atoms with Gasteiger partial charge in [-0.05, 0) is 25.2 Å². The number of carbonyl (C=O) groups is 2. The van der Waals surface area contributed by atoms with E-state index in [1.54, 1.807) is 0 Å². The van der Waals surface area contributed by atoms with Crippen molar-refractivity contribution in [1.82, 2.24) is 10.2 Å². The van der Waals surface area contributed by atoms with E-state index in [1.807, 2.05) is 18.7 Å². The molecule has 21 heavy (non-hydrogen) atoms. The van der Waals surface area contributed by atoms with Gasteiger partial charge in [0.1, 0.15) is 12.1 Å². The van der Waals surface area contributed by atoms with Gasteiger partial charge in [-0.25, -0.2) is 0 Å². The molecule has 1 fully saturated rings. The number of hydrogen-bond acceptors (Lipinski definition) is 2. The molecule has 4 nitrogen and oxygen atoms in total. The fraction of sp³-hybridized carbons (Fsp3) is 0.882. The minimum absolute atomic E-state index is 0.0141. The number of nitrogens with zero attached hydrogens (tertiary/aromatic N) is 1. The average Bonchev–Trinajstić information content (AvgIpc) is 2.48. The second-order valence-electron chi connectivity index (χ2n) is 6.36. The molecule has 4 unspecified atom stereocenters. The SMILES string of the molecule is CCC(C)C1NC(=O)C(CC)N(C(C)C(CC)CC)C1=O. The molecule has 0 radical (unpaired) electrons. The van der Waals surface area contributed by atoms with Crippen LogP contribution in [0.5, 0.6) is 0 Å². The number of carbonyl (C=O) groups excluding carboxylic acids is 2. The van der Waals surface area contributed by atoms with Crippen LogP contribution in [-0.2, 0) is 9.59 Å². The summed E-state index contributed by atoms with van der Waals surface area (Å²) in [6, 6.07) is -0.550. The summed E-state index contributed by atoms with van der Waals surface area (Å²) in [5.41, 5.74) is 0. The Labute approximate surface area is 129 Å². The molecule has 4 atom stereocenters. The molecule has 0 aromatic heterocycles. The zero-order valence-electron chi connectivity index (χ0n) is 14.5. The highest BCUT2D eigenvalue weighted by molar-refractivity contribution is 5.97. The lowest BCUT2D eigenvalue weighted by Gasteiger charge is -2.45. The molecule has 0 aliphatic carbocycles. The van der Waals surface area contributed by atoms with Crippen LogP contribution in [0.2, 0.25) is 0 Å². The van der Waals surface area contributed by atoms with E-state index in [2.05, 4.69) is 33.0 Å². The lowest BCUT2D eigenvalue weighted by atomic mass is 9.88. The lowest BCUT2D eigenvalue weighted by molar-refractivity contribution is -0.154. The highest BCUT2D eigenvalue weighted by Crippen LogP contribution is 2.27. The molecule has 122 valence electrons. The molecule has 0 saturated carbocycles. The van der Waals surface area contributed by atoms with E-state index in [4.69, 9.17) is 0 Å². The predicted octanol–water partition coefficient (Wildman–Crippen LogP) is 2.96. The molecule has 0 aromatic rings. The minimum Gasteiger partial charge on any atom is -0.342 e. The lowest BCUT2D eigenvalue weighted by Crippen LogP contribution is -2.67. The first-order valence-corrected chi connectivity index (χ1v) is 8.55. The normalized spacial score (nSPS) is 26.0. The van der Waals surface area contributed by atoms with Gasteiger partial charge in [-0.1, -0.05) is 53.9 Å². The van der Waals surface area contributed by atoms with E-state index < -0.39 is 0 Å². The van der Waals surface area contributed by atoms with Crippen molar-refractivity contribution in [3.05, 3.63) is 0 Å². The first kappa shape index (κ1) is 18.0. The van der Waals surface area contributed by atoms with E-state index in [0.717, 1.165) is 19.3 Å². The van der Waals surface area contributed by atoms with E-state index in [1.165, 1.54) is 0 Å². The van der Waals surface area contributed by atoms with E-state index in [-0.39, 0.29) is 35.9 Å². The van der Waals surface area contributed by atoms with Gasteiger partial charge in [-0.3, -0.25) is 9.59 Å². The second kappa shape index (κ2) is 7.81. The van der Waals surface area contributed by atoms with Crippen molar-refractivity contribution in [2.24, 2.45) is 11.8 Å². The fourth-order valence-corrected chi connectivity index (χ4v) is 3.44. The summed E-state index contributed by atoms with van der Waals surface area (Å²) in [6.45, 7) is 12.5. The van der Waals surface area contributed by atoms with Gasteiger partial charge in [0.15, 0.2) is 0 Å². The molecule has 0 spiro atoms. The summed E-state index contributed by atoms with van der Waals surface area (Å²) in [6.07, 6.45) is 3.64. The molecule has 0 aromatic carbocycles. The van der Waals surface area contributed by atoms with Crippen molar-refractivity contribution in [3.8, 4) is 0 Å². The summed E-state index contributed by atoms with van der Waals surface area (Å²) >= 11 is 0. The number of rotatable bonds is 7. The molecular weight excluding hydrogens is 264 g/mol. The summed E-state index contributed by atoms with van der Waals surface area (Å²) < 4.78 is 0. The Morgan fingerprint density at radius 3 is 2.05 bits per heavy atom. The standard InChI is InChI=1S/C17H32N2O2/c1-7-11(5)15-17(21)19(12(6)13(8-2)9-3)14(10-4)16(20)18-15/h11-15H,7-10H2,1-6H3,(H,18,20). The first-order chi connectivity index (χ1) is 9.92. The molecule has 1 saturated heterocycles. The third kappa shape index (κ3) is 3.58. The van der Waals surface area contributed by atoms with Gasteiger partial charge in [0.2, 0.25) is 11.8 Å². The second-order valence-corrected chi connectivity index (χ2v) is 6.36. The molecule has 1 aliphatic heterocycles. The van der Waals surface area contributed by atoms with Gasteiger partial charge in [-0.15, -0.1) is 0 Å². The molecule has 2 amide bonds. The Kier molecular flexibility index (Phi) is 6.69. The van der Waals surface area contributed by atoms with Crippen molar-refractivity contribution in [1.29, 1.82) is 0 Å². The van der Waals surface area contributed by atoms with Gasteiger partial charge in [0, 0.05) is 6.04 Å². The molecule has 0 bridgehead atoms. The number of piperazine rings is 1. The summed E-state index contributed by atoms with van der Waals surface area (Å²) in [4.78, 5) is 27.2. The van der Waals surface area contributed by atoms with Gasteiger partial charge in [0.25, 0.3) is 0 Å². The highest BCUT2D eigenvalue weighted by Gasteiger charge is 2.44. The molecule has 1 heterocycles. The van der Waals surface area contributed by atoms with Gasteiger partial charge >= 0.3 is 0 Å². The number of amides is 2. The molecular formula is C17H32N2O2. The average molecular weight is 296 g/mol. The van der Waals surface area contributed by atoms with Crippen LogP contribution in [0.1, 0.15) is 67.2 Å². The number of hydrogen-bond donors (Lipinski definition) is 1. The van der Waals surface area contributed by atoms with Crippen LogP contribution in [0.3, 0.4) is 0 Å². The first-order valence-electron chi connectivity index (χ1n) is 8.55. The maximum absolute atomic E-state index is 12.9. The van der Waals surface area contributed by atoms with Crippen molar-refractivity contribution in [2.45, 2.75) is 85.4 Å². The third-order valence-corrected chi connectivity index (χ3v) is 5.23. The largest absolute Gasteiger partial charge is 0.342 e. The van der Waals surface area contributed by atoms with E-state index >= 15 is 0 Å². The smallest absolute Gasteiger partial charge is 0.246 e. The molecule has 1 aliphatic rings. The Bertz CT molecular complexity index is 366. The van der Waals surface area contributed by atoms with Gasteiger partial charge in [-0.2, -0.15) is 0 Å². The van der Waals surface area contributed by atoms with Crippen molar-refractivity contribution in [3.63, 3.8) is 0 Å². The summed E-state index contributed by atoms with van der Waals surface area (Å²) in [5, 5.41) is 2.95. The van der Waals surface area contributed by atoms with Gasteiger partial charge < -0.3 is 10.2 Å². The molecule has 1 rings (SSSR count). The third-order valence-electron chi connectivity index (χ3n) is 5.23. The molecule has 1 N–H and O–H groups in total. The van der Waals surface area contributed by atoms with Crippen LogP contribution in [0.25, 0.3) is 0 Å². The Hall–Kier alpha value is -1.06. The zero-order chi connectivity index (χ0) is 16.2. The maximum Gasteiger partial charge on any atom is 0.246 e. The molecule has 4 heteroatoms. The maximum atomic E-state index is 12.9. The summed E-state index contributed by atoms with van der Waals surface area (Å²) in [7, 11) is 0. The van der Waals surface area contributed by atoms with Crippen LogP contribution in [0.15, 0.2) is 0 Å². The highest BCUT2D eigenvalue weighted by atomic mass is 16.2. The van der Waals surface area contributed by atoms with Crippen molar-refractivity contribution in [2.75, 3.05) is 0 Å². The van der Waals surface area contributed by atoms with Crippen molar-refractivity contribution < 1.29 is 9.59 Å². The van der Waals surface area contributed by atoms with Crippen LogP contribution < -0.4 is 5.32 Å². The summed E-state index contributed by atoms with van der Waals surface area (Å²) in [5.74, 6) is 0.748.